The molecular weight excluding hydrogens is 368 g/mol. The minimum Gasteiger partial charge on any atom is -0.369 e. The first-order valence-corrected chi connectivity index (χ1v) is 10.9. The number of amides is 1. The van der Waals surface area contributed by atoms with Crippen molar-refractivity contribution in [3.63, 3.8) is 0 Å². The van der Waals surface area contributed by atoms with Crippen molar-refractivity contribution in [2.24, 2.45) is 0 Å². The lowest BCUT2D eigenvalue weighted by atomic mass is 9.94. The summed E-state index contributed by atoms with van der Waals surface area (Å²) >= 11 is 1.62. The Morgan fingerprint density at radius 2 is 1.96 bits per heavy atom. The van der Waals surface area contributed by atoms with E-state index in [2.05, 4.69) is 32.8 Å². The Balaban J connectivity index is 1.45. The molecule has 2 heterocycles. The molecule has 0 saturated heterocycles. The Hall–Kier alpha value is -2.47. The number of rotatable bonds is 6. The Morgan fingerprint density at radius 1 is 1.18 bits per heavy atom. The first-order chi connectivity index (χ1) is 13.7. The van der Waals surface area contributed by atoms with Gasteiger partial charge in [0.25, 0.3) is 0 Å². The zero-order chi connectivity index (χ0) is 19.3. The van der Waals surface area contributed by atoms with Crippen molar-refractivity contribution in [3.05, 3.63) is 42.0 Å². The average Bonchev–Trinajstić information content (AvgIpc) is 3.19. The van der Waals surface area contributed by atoms with Gasteiger partial charge in [-0.3, -0.25) is 4.79 Å². The number of hydrogen-bond acceptors (Lipinski definition) is 5. The lowest BCUT2D eigenvalue weighted by molar-refractivity contribution is -0.132. The van der Waals surface area contributed by atoms with Crippen LogP contribution in [0.3, 0.4) is 0 Å². The van der Waals surface area contributed by atoms with E-state index in [0.717, 1.165) is 40.0 Å². The number of carbonyl (C=O) groups excluding carboxylic acids is 1. The molecule has 6 heteroatoms. The molecule has 0 bridgehead atoms. The summed E-state index contributed by atoms with van der Waals surface area (Å²) in [6, 6.07) is 10.7. The Morgan fingerprint density at radius 3 is 2.75 bits per heavy atom. The summed E-state index contributed by atoms with van der Waals surface area (Å²) in [4.78, 5) is 24.4. The number of nitrogens with zero attached hydrogens (tertiary/aromatic N) is 3. The summed E-state index contributed by atoms with van der Waals surface area (Å²) in [5.41, 5.74) is 2.29. The second-order valence-electron chi connectivity index (χ2n) is 7.39. The Bertz CT molecular complexity index is 934. The second-order valence-corrected chi connectivity index (χ2v) is 8.25. The standard InChI is InChI=1S/C22H26N4OS/c1-26(17-10-6-3-7-11-17)19(27)12-13-23-21-20-18(16-8-4-2-5-9-16)14-28-22(20)25-15-24-21/h2,4-5,8-9,14-15,17H,3,6-7,10-13H2,1H3,(H,23,24,25). The predicted molar refractivity (Wildman–Crippen MR) is 116 cm³/mol. The molecule has 1 aromatic carbocycles. The number of nitrogens with one attached hydrogen (secondary N) is 1. The topological polar surface area (TPSA) is 58.1 Å². The van der Waals surface area contributed by atoms with E-state index in [-0.39, 0.29) is 5.91 Å². The smallest absolute Gasteiger partial charge is 0.224 e. The van der Waals surface area contributed by atoms with Gasteiger partial charge in [-0.05, 0) is 18.4 Å². The van der Waals surface area contributed by atoms with Gasteiger partial charge in [-0.15, -0.1) is 11.3 Å². The van der Waals surface area contributed by atoms with Gasteiger partial charge in [-0.2, -0.15) is 0 Å². The first kappa shape index (κ1) is 18.9. The number of fused-ring (bicyclic) bond motifs is 1. The van der Waals surface area contributed by atoms with E-state index in [0.29, 0.717) is 19.0 Å². The lowest BCUT2D eigenvalue weighted by Crippen LogP contribution is -2.38. The van der Waals surface area contributed by atoms with Gasteiger partial charge in [0.15, 0.2) is 0 Å². The average molecular weight is 395 g/mol. The molecule has 146 valence electrons. The van der Waals surface area contributed by atoms with E-state index < -0.39 is 0 Å². The summed E-state index contributed by atoms with van der Waals surface area (Å²) in [7, 11) is 1.95. The number of carbonyl (C=O) groups is 1. The minimum absolute atomic E-state index is 0.207. The number of aromatic nitrogens is 2. The van der Waals surface area contributed by atoms with Crippen LogP contribution in [-0.4, -0.2) is 40.4 Å². The molecule has 1 N–H and O–H groups in total. The third-order valence-electron chi connectivity index (χ3n) is 5.60. The van der Waals surface area contributed by atoms with Crippen LogP contribution in [0.15, 0.2) is 42.0 Å². The maximum Gasteiger partial charge on any atom is 0.224 e. The zero-order valence-electron chi connectivity index (χ0n) is 16.2. The van der Waals surface area contributed by atoms with E-state index in [4.69, 9.17) is 0 Å². The SMILES string of the molecule is CN(C(=O)CCNc1ncnc2scc(-c3ccccc3)c12)C1CCCCC1. The molecule has 1 amide bonds. The van der Waals surface area contributed by atoms with Gasteiger partial charge in [0.2, 0.25) is 5.91 Å². The molecular formula is C22H26N4OS. The monoisotopic (exact) mass is 394 g/mol. The van der Waals surface area contributed by atoms with Crippen LogP contribution >= 0.6 is 11.3 Å². The van der Waals surface area contributed by atoms with Gasteiger partial charge in [-0.25, -0.2) is 9.97 Å². The molecule has 0 spiro atoms. The number of anilines is 1. The van der Waals surface area contributed by atoms with Crippen molar-refractivity contribution >= 4 is 33.3 Å². The summed E-state index contributed by atoms with van der Waals surface area (Å²) < 4.78 is 0. The number of benzene rings is 1. The van der Waals surface area contributed by atoms with Crippen LogP contribution in [0.25, 0.3) is 21.3 Å². The molecule has 3 aromatic rings. The van der Waals surface area contributed by atoms with E-state index in [9.17, 15) is 4.79 Å². The molecule has 5 nitrogen and oxygen atoms in total. The van der Waals surface area contributed by atoms with Crippen LogP contribution in [0, 0.1) is 0 Å². The van der Waals surface area contributed by atoms with Crippen LogP contribution in [-0.2, 0) is 4.79 Å². The Kier molecular flexibility index (Phi) is 5.86. The van der Waals surface area contributed by atoms with E-state index in [1.54, 1.807) is 17.7 Å². The molecule has 0 atom stereocenters. The van der Waals surface area contributed by atoms with Crippen LogP contribution < -0.4 is 5.32 Å². The Labute approximate surface area is 169 Å². The fraction of sp³-hybridized carbons (Fsp3) is 0.409. The van der Waals surface area contributed by atoms with Crippen LogP contribution in [0.5, 0.6) is 0 Å². The molecule has 1 aliphatic carbocycles. The molecule has 0 radical (unpaired) electrons. The third-order valence-corrected chi connectivity index (χ3v) is 6.49. The van der Waals surface area contributed by atoms with Gasteiger partial charge in [-0.1, -0.05) is 49.6 Å². The van der Waals surface area contributed by atoms with Crippen molar-refractivity contribution in [1.29, 1.82) is 0 Å². The highest BCUT2D eigenvalue weighted by molar-refractivity contribution is 7.17. The molecule has 1 saturated carbocycles. The summed E-state index contributed by atoms with van der Waals surface area (Å²) in [6.07, 6.45) is 8.11. The molecule has 0 aliphatic heterocycles. The van der Waals surface area contributed by atoms with Gasteiger partial charge in [0.1, 0.15) is 17.0 Å². The summed E-state index contributed by atoms with van der Waals surface area (Å²) in [6.45, 7) is 0.575. The quantitative estimate of drug-likeness (QED) is 0.642. The third kappa shape index (κ3) is 4.02. The highest BCUT2D eigenvalue weighted by atomic mass is 32.1. The maximum atomic E-state index is 12.6. The van der Waals surface area contributed by atoms with Crippen molar-refractivity contribution in [3.8, 4) is 11.1 Å². The van der Waals surface area contributed by atoms with E-state index >= 15 is 0 Å². The highest BCUT2D eigenvalue weighted by Crippen LogP contribution is 2.36. The van der Waals surface area contributed by atoms with Crippen molar-refractivity contribution in [2.45, 2.75) is 44.6 Å². The largest absolute Gasteiger partial charge is 0.369 e. The molecule has 0 unspecified atom stereocenters. The second kappa shape index (κ2) is 8.69. The van der Waals surface area contributed by atoms with Crippen molar-refractivity contribution < 1.29 is 4.79 Å². The fourth-order valence-corrected chi connectivity index (χ4v) is 4.89. The minimum atomic E-state index is 0.207. The number of thiophene rings is 1. The highest BCUT2D eigenvalue weighted by Gasteiger charge is 2.21. The lowest BCUT2D eigenvalue weighted by Gasteiger charge is -2.31. The van der Waals surface area contributed by atoms with Crippen molar-refractivity contribution in [1.82, 2.24) is 14.9 Å². The van der Waals surface area contributed by atoms with Crippen LogP contribution in [0.1, 0.15) is 38.5 Å². The predicted octanol–water partition coefficient (Wildman–Crippen LogP) is 4.95. The number of hydrogen-bond donors (Lipinski definition) is 1. The van der Waals surface area contributed by atoms with Gasteiger partial charge in [0.05, 0.1) is 5.39 Å². The molecule has 1 aliphatic rings. The van der Waals surface area contributed by atoms with E-state index in [1.165, 1.54) is 19.3 Å². The molecule has 1 fully saturated rings. The summed E-state index contributed by atoms with van der Waals surface area (Å²) in [5, 5.41) is 6.54. The molecule has 2 aromatic heterocycles. The normalized spacial score (nSPS) is 14.9. The van der Waals surface area contributed by atoms with Crippen LogP contribution in [0.2, 0.25) is 0 Å². The van der Waals surface area contributed by atoms with Crippen LogP contribution in [0.4, 0.5) is 5.82 Å². The van der Waals surface area contributed by atoms with Gasteiger partial charge >= 0.3 is 0 Å². The maximum absolute atomic E-state index is 12.6. The van der Waals surface area contributed by atoms with Crippen molar-refractivity contribution in [2.75, 3.05) is 18.9 Å². The zero-order valence-corrected chi connectivity index (χ0v) is 17.0. The fourth-order valence-electron chi connectivity index (χ4n) is 3.98. The summed E-state index contributed by atoms with van der Waals surface area (Å²) in [5.74, 6) is 1.01. The van der Waals surface area contributed by atoms with Gasteiger partial charge < -0.3 is 10.2 Å². The molecule has 28 heavy (non-hydrogen) atoms. The van der Waals surface area contributed by atoms with E-state index in [1.807, 2.05) is 30.1 Å². The van der Waals surface area contributed by atoms with Gasteiger partial charge in [0, 0.05) is 37.0 Å². The molecule has 4 rings (SSSR count). The first-order valence-electron chi connectivity index (χ1n) is 10.0.